The molecule has 1 heterocycles. The third kappa shape index (κ3) is 1.71. The van der Waals surface area contributed by atoms with E-state index in [2.05, 4.69) is 5.10 Å². The van der Waals surface area contributed by atoms with Gasteiger partial charge in [-0.3, -0.25) is 4.68 Å². The second-order valence-corrected chi connectivity index (χ2v) is 6.61. The van der Waals surface area contributed by atoms with Gasteiger partial charge in [0, 0.05) is 24.6 Å². The number of hydrogen-bond donors (Lipinski definition) is 1. The van der Waals surface area contributed by atoms with Crippen molar-refractivity contribution in [3.63, 3.8) is 0 Å². The molecule has 3 rings (SSSR count). The molecule has 0 amide bonds. The summed E-state index contributed by atoms with van der Waals surface area (Å²) in [6.07, 6.45) is 5.99. The molecule has 2 aliphatic carbocycles. The molecular formula is C14H21ClN2O. The summed E-state index contributed by atoms with van der Waals surface area (Å²) in [5.41, 5.74) is 2.22. The van der Waals surface area contributed by atoms with E-state index in [-0.39, 0.29) is 5.41 Å². The molecule has 18 heavy (non-hydrogen) atoms. The molecule has 2 bridgehead atoms. The molecule has 4 heteroatoms. The topological polar surface area (TPSA) is 38.0 Å². The van der Waals surface area contributed by atoms with Crippen LogP contribution in [0.15, 0.2) is 0 Å². The van der Waals surface area contributed by atoms with Crippen molar-refractivity contribution in [3.05, 3.63) is 16.4 Å². The van der Waals surface area contributed by atoms with Gasteiger partial charge in [-0.2, -0.15) is 5.10 Å². The molecule has 0 spiro atoms. The molecule has 1 N–H and O–H groups in total. The van der Waals surface area contributed by atoms with Crippen molar-refractivity contribution in [3.8, 4) is 0 Å². The lowest BCUT2D eigenvalue weighted by atomic mass is 9.70. The maximum atomic E-state index is 9.92. The second kappa shape index (κ2) is 4.24. The molecule has 3 atom stereocenters. The minimum atomic E-state index is 0.0698. The predicted octanol–water partition coefficient (Wildman–Crippen LogP) is 2.72. The highest BCUT2D eigenvalue weighted by Gasteiger charge is 2.50. The van der Waals surface area contributed by atoms with Crippen LogP contribution in [0.25, 0.3) is 0 Å². The smallest absolute Gasteiger partial charge is 0.130 e. The van der Waals surface area contributed by atoms with Gasteiger partial charge in [0.2, 0.25) is 0 Å². The molecule has 0 aromatic carbocycles. The minimum absolute atomic E-state index is 0.0698. The number of hydrogen-bond acceptors (Lipinski definition) is 2. The van der Waals surface area contributed by atoms with E-state index in [1.165, 1.54) is 25.7 Å². The Labute approximate surface area is 113 Å². The van der Waals surface area contributed by atoms with Gasteiger partial charge in [0.1, 0.15) is 5.15 Å². The van der Waals surface area contributed by atoms with Gasteiger partial charge in [0.15, 0.2) is 0 Å². The summed E-state index contributed by atoms with van der Waals surface area (Å²) in [4.78, 5) is 0. The van der Waals surface area contributed by atoms with Crippen LogP contribution in [-0.4, -0.2) is 21.5 Å². The molecule has 0 radical (unpaired) electrons. The molecule has 1 aromatic rings. The van der Waals surface area contributed by atoms with Gasteiger partial charge in [0.05, 0.1) is 5.69 Å². The van der Waals surface area contributed by atoms with Crippen molar-refractivity contribution in [2.24, 2.45) is 24.3 Å². The number of halogens is 1. The summed E-state index contributed by atoms with van der Waals surface area (Å²) in [6, 6.07) is 0. The van der Waals surface area contributed by atoms with Crippen LogP contribution in [0.4, 0.5) is 0 Å². The Hall–Kier alpha value is -0.540. The van der Waals surface area contributed by atoms with Gasteiger partial charge in [-0.05, 0) is 44.4 Å². The Morgan fingerprint density at radius 2 is 2.28 bits per heavy atom. The molecule has 2 saturated carbocycles. The number of nitrogens with zero attached hydrogens (tertiary/aromatic N) is 2. The van der Waals surface area contributed by atoms with Gasteiger partial charge >= 0.3 is 0 Å². The zero-order chi connectivity index (χ0) is 12.9. The fraction of sp³-hybridized carbons (Fsp3) is 0.786. The average molecular weight is 269 g/mol. The van der Waals surface area contributed by atoms with Gasteiger partial charge in [-0.15, -0.1) is 0 Å². The first-order valence-electron chi connectivity index (χ1n) is 6.84. The summed E-state index contributed by atoms with van der Waals surface area (Å²) in [7, 11) is 1.88. The summed E-state index contributed by atoms with van der Waals surface area (Å²) >= 11 is 6.33. The first-order valence-corrected chi connectivity index (χ1v) is 7.22. The Balaban J connectivity index is 1.91. The van der Waals surface area contributed by atoms with Gasteiger partial charge < -0.3 is 5.11 Å². The van der Waals surface area contributed by atoms with E-state index in [9.17, 15) is 5.11 Å². The maximum absolute atomic E-state index is 9.92. The fourth-order valence-electron chi connectivity index (χ4n) is 4.25. The van der Waals surface area contributed by atoms with Crippen molar-refractivity contribution >= 4 is 11.6 Å². The van der Waals surface area contributed by atoms with Crippen LogP contribution < -0.4 is 0 Å². The number of aromatic nitrogens is 2. The van der Waals surface area contributed by atoms with E-state index in [4.69, 9.17) is 11.6 Å². The first-order chi connectivity index (χ1) is 8.55. The molecule has 100 valence electrons. The number of aliphatic hydroxyl groups is 1. The lowest BCUT2D eigenvalue weighted by Crippen LogP contribution is -2.34. The highest BCUT2D eigenvalue weighted by molar-refractivity contribution is 6.30. The Kier molecular flexibility index (Phi) is 2.94. The van der Waals surface area contributed by atoms with E-state index < -0.39 is 0 Å². The number of aliphatic hydroxyl groups excluding tert-OH is 1. The van der Waals surface area contributed by atoms with E-state index in [0.717, 1.165) is 28.7 Å². The van der Waals surface area contributed by atoms with Crippen LogP contribution in [0.5, 0.6) is 0 Å². The highest BCUT2D eigenvalue weighted by Crippen LogP contribution is 2.57. The van der Waals surface area contributed by atoms with E-state index >= 15 is 0 Å². The number of aryl methyl sites for hydroxylation is 2. The molecule has 3 unspecified atom stereocenters. The van der Waals surface area contributed by atoms with E-state index in [0.29, 0.717) is 12.5 Å². The van der Waals surface area contributed by atoms with Crippen LogP contribution in [0.2, 0.25) is 5.15 Å². The summed E-state index contributed by atoms with van der Waals surface area (Å²) in [6.45, 7) is 2.30. The average Bonchev–Trinajstić information content (AvgIpc) is 3.00. The highest BCUT2D eigenvalue weighted by atomic mass is 35.5. The molecule has 0 saturated heterocycles. The Morgan fingerprint density at radius 3 is 2.72 bits per heavy atom. The lowest BCUT2D eigenvalue weighted by molar-refractivity contribution is 0.0650. The quantitative estimate of drug-likeness (QED) is 0.915. The third-order valence-electron chi connectivity index (χ3n) is 5.22. The first kappa shape index (κ1) is 12.5. The van der Waals surface area contributed by atoms with Crippen LogP contribution in [0.1, 0.15) is 36.9 Å². The number of fused-ring (bicyclic) bond motifs is 2. The zero-order valence-electron chi connectivity index (χ0n) is 11.1. The summed E-state index contributed by atoms with van der Waals surface area (Å²) in [5, 5.41) is 15.0. The summed E-state index contributed by atoms with van der Waals surface area (Å²) in [5.74, 6) is 1.51. The van der Waals surface area contributed by atoms with Crippen LogP contribution in [0.3, 0.4) is 0 Å². The maximum Gasteiger partial charge on any atom is 0.130 e. The third-order valence-corrected chi connectivity index (χ3v) is 5.69. The van der Waals surface area contributed by atoms with Crippen LogP contribution >= 0.6 is 11.6 Å². The standard InChI is InChI=1S/C14H21ClN2O/c1-9-12(13(15)17(2)16-9)7-14(8-18)6-10-3-4-11(14)5-10/h10-11,18H,3-8H2,1-2H3. The van der Waals surface area contributed by atoms with Gasteiger partial charge in [-0.25, -0.2) is 0 Å². The second-order valence-electron chi connectivity index (χ2n) is 6.26. The van der Waals surface area contributed by atoms with Crippen molar-refractivity contribution in [1.82, 2.24) is 9.78 Å². The largest absolute Gasteiger partial charge is 0.396 e. The fourth-order valence-corrected chi connectivity index (χ4v) is 4.49. The SMILES string of the molecule is Cc1nn(C)c(Cl)c1CC1(CO)CC2CCC1C2. The number of rotatable bonds is 3. The molecular weight excluding hydrogens is 248 g/mol. The monoisotopic (exact) mass is 268 g/mol. The molecule has 1 aromatic heterocycles. The molecule has 3 nitrogen and oxygen atoms in total. The van der Waals surface area contributed by atoms with Crippen LogP contribution in [0, 0.1) is 24.2 Å². The van der Waals surface area contributed by atoms with Crippen molar-refractivity contribution in [2.75, 3.05) is 6.61 Å². The summed E-state index contributed by atoms with van der Waals surface area (Å²) < 4.78 is 1.74. The van der Waals surface area contributed by atoms with Crippen molar-refractivity contribution in [2.45, 2.75) is 39.0 Å². The lowest BCUT2D eigenvalue weighted by Gasteiger charge is -2.36. The molecule has 2 fully saturated rings. The molecule has 2 aliphatic rings. The van der Waals surface area contributed by atoms with Gasteiger partial charge in [-0.1, -0.05) is 18.0 Å². The van der Waals surface area contributed by atoms with E-state index in [1.54, 1.807) is 4.68 Å². The zero-order valence-corrected chi connectivity index (χ0v) is 11.9. The normalized spacial score (nSPS) is 34.4. The molecule has 0 aliphatic heterocycles. The van der Waals surface area contributed by atoms with Gasteiger partial charge in [0.25, 0.3) is 0 Å². The minimum Gasteiger partial charge on any atom is -0.396 e. The van der Waals surface area contributed by atoms with Crippen LogP contribution in [-0.2, 0) is 13.5 Å². The van der Waals surface area contributed by atoms with Crippen molar-refractivity contribution < 1.29 is 5.11 Å². The Morgan fingerprint density at radius 1 is 1.50 bits per heavy atom. The van der Waals surface area contributed by atoms with Crippen molar-refractivity contribution in [1.29, 1.82) is 0 Å². The van der Waals surface area contributed by atoms with E-state index in [1.807, 2.05) is 14.0 Å². The Bertz CT molecular complexity index is 471. The predicted molar refractivity (Wildman–Crippen MR) is 71.6 cm³/mol.